The summed E-state index contributed by atoms with van der Waals surface area (Å²) in [5, 5.41) is 0. The average molecular weight is 324 g/mol. The highest BCUT2D eigenvalue weighted by atomic mass is 79.9. The first-order valence-corrected chi connectivity index (χ1v) is 6.71. The van der Waals surface area contributed by atoms with Gasteiger partial charge in [0.2, 0.25) is 0 Å². The summed E-state index contributed by atoms with van der Waals surface area (Å²) in [6.45, 7) is 5.34. The number of allylic oxidation sites excluding steroid dienone is 1. The fourth-order valence-corrected chi connectivity index (χ4v) is 1.95. The number of aromatic amines is 1. The highest BCUT2D eigenvalue weighted by Crippen LogP contribution is 2.20. The van der Waals surface area contributed by atoms with Crippen molar-refractivity contribution in [2.75, 3.05) is 0 Å². The van der Waals surface area contributed by atoms with Crippen LogP contribution in [0.5, 0.6) is 0 Å². The highest BCUT2D eigenvalue weighted by molar-refractivity contribution is 9.10. The molecule has 100 valence electrons. The number of aromatic nitrogens is 3. The fourth-order valence-electron chi connectivity index (χ4n) is 1.62. The largest absolute Gasteiger partial charge is 0.454 e. The Morgan fingerprint density at radius 1 is 1.68 bits per heavy atom. The first-order chi connectivity index (χ1) is 9.10. The van der Waals surface area contributed by atoms with Crippen molar-refractivity contribution in [2.24, 2.45) is 0 Å². The van der Waals surface area contributed by atoms with E-state index in [1.54, 1.807) is 19.2 Å². The summed E-state index contributed by atoms with van der Waals surface area (Å²) in [6.07, 6.45) is 3.88. The lowest BCUT2D eigenvalue weighted by atomic mass is 10.3. The first-order valence-electron chi connectivity index (χ1n) is 5.91. The van der Waals surface area contributed by atoms with Gasteiger partial charge in [-0.2, -0.15) is 0 Å². The van der Waals surface area contributed by atoms with Crippen molar-refractivity contribution >= 4 is 33.1 Å². The first kappa shape index (κ1) is 13.7. The predicted molar refractivity (Wildman–Crippen MR) is 75.5 cm³/mol. The number of carbonyl (C=O) groups excluding carboxylic acids is 1. The maximum atomic E-state index is 11.5. The topological polar surface area (TPSA) is 67.9 Å². The fraction of sp³-hybridized carbons (Fsp3) is 0.308. The number of ether oxygens (including phenoxy) is 1. The lowest BCUT2D eigenvalue weighted by Gasteiger charge is -2.09. The monoisotopic (exact) mass is 323 g/mol. The van der Waals surface area contributed by atoms with Gasteiger partial charge in [0.05, 0.1) is 5.52 Å². The van der Waals surface area contributed by atoms with Gasteiger partial charge in [-0.3, -0.25) is 4.79 Å². The normalized spacial score (nSPS) is 12.3. The molecule has 0 amide bonds. The second-order valence-corrected chi connectivity index (χ2v) is 5.02. The number of esters is 1. The number of rotatable bonds is 5. The van der Waals surface area contributed by atoms with Gasteiger partial charge in [0.25, 0.3) is 0 Å². The van der Waals surface area contributed by atoms with E-state index in [1.165, 1.54) is 0 Å². The molecule has 0 aliphatic carbocycles. The number of carbonyl (C=O) groups is 1. The van der Waals surface area contributed by atoms with Crippen molar-refractivity contribution in [3.8, 4) is 0 Å². The summed E-state index contributed by atoms with van der Waals surface area (Å²) in [5.74, 6) is 0.328. The van der Waals surface area contributed by atoms with Crippen LogP contribution < -0.4 is 0 Å². The van der Waals surface area contributed by atoms with E-state index in [0.717, 1.165) is 9.99 Å². The predicted octanol–water partition coefficient (Wildman–Crippen LogP) is 3.29. The number of nitrogens with one attached hydrogen (secondary N) is 1. The van der Waals surface area contributed by atoms with Crippen LogP contribution in [0.1, 0.15) is 31.7 Å². The number of fused-ring (bicyclic) bond motifs is 1. The van der Waals surface area contributed by atoms with Crippen molar-refractivity contribution < 1.29 is 9.53 Å². The van der Waals surface area contributed by atoms with E-state index in [4.69, 9.17) is 4.74 Å². The number of hydrogen-bond donors (Lipinski definition) is 1. The van der Waals surface area contributed by atoms with E-state index in [0.29, 0.717) is 24.3 Å². The molecule has 0 bridgehead atoms. The van der Waals surface area contributed by atoms with E-state index in [2.05, 4.69) is 37.5 Å². The van der Waals surface area contributed by atoms with Gasteiger partial charge >= 0.3 is 5.97 Å². The number of hydrogen-bond acceptors (Lipinski definition) is 4. The number of imidazole rings is 1. The maximum Gasteiger partial charge on any atom is 0.306 e. The molecular weight excluding hydrogens is 310 g/mol. The lowest BCUT2D eigenvalue weighted by molar-refractivity contribution is -0.148. The van der Waals surface area contributed by atoms with Crippen molar-refractivity contribution in [2.45, 2.75) is 25.9 Å². The van der Waals surface area contributed by atoms with Crippen LogP contribution >= 0.6 is 15.9 Å². The Balaban J connectivity index is 2.10. The number of nitrogens with zero attached hydrogens (tertiary/aromatic N) is 2. The van der Waals surface area contributed by atoms with Crippen LogP contribution in [-0.4, -0.2) is 20.9 Å². The quantitative estimate of drug-likeness (QED) is 0.677. The molecule has 2 aromatic rings. The molecule has 0 aliphatic heterocycles. The molecule has 6 heteroatoms. The summed E-state index contributed by atoms with van der Waals surface area (Å²) in [5.41, 5.74) is 1.41. The van der Waals surface area contributed by atoms with Crippen LogP contribution in [0.3, 0.4) is 0 Å². The van der Waals surface area contributed by atoms with Gasteiger partial charge < -0.3 is 9.72 Å². The van der Waals surface area contributed by atoms with Gasteiger partial charge in [0, 0.05) is 17.1 Å². The van der Waals surface area contributed by atoms with Crippen LogP contribution in [-0.2, 0) is 9.53 Å². The molecule has 2 aromatic heterocycles. The average Bonchev–Trinajstić information content (AvgIpc) is 2.79. The standard InChI is InChI=1S/C13H14BrN3O2/c1-3-4-5-11(18)19-8(2)12-16-10-6-9(14)7-15-13(10)17-12/h3,6-8H,1,4-5H2,2H3,(H,15,16,17). The Kier molecular flexibility index (Phi) is 4.31. The molecule has 0 radical (unpaired) electrons. The Hall–Kier alpha value is -1.69. The third kappa shape index (κ3) is 3.41. The zero-order chi connectivity index (χ0) is 13.8. The van der Waals surface area contributed by atoms with Gasteiger partial charge in [-0.25, -0.2) is 9.97 Å². The molecule has 1 N–H and O–H groups in total. The number of H-pyrrole nitrogens is 1. The van der Waals surface area contributed by atoms with E-state index < -0.39 is 6.10 Å². The molecule has 0 aromatic carbocycles. The molecule has 0 saturated carbocycles. The Bertz CT molecular complexity index is 609. The Morgan fingerprint density at radius 2 is 2.47 bits per heavy atom. The van der Waals surface area contributed by atoms with Gasteiger partial charge in [0.15, 0.2) is 11.8 Å². The second-order valence-electron chi connectivity index (χ2n) is 4.11. The summed E-state index contributed by atoms with van der Waals surface area (Å²) >= 11 is 3.34. The summed E-state index contributed by atoms with van der Waals surface area (Å²) < 4.78 is 6.14. The molecule has 0 saturated heterocycles. The third-order valence-electron chi connectivity index (χ3n) is 2.57. The van der Waals surface area contributed by atoms with E-state index in [-0.39, 0.29) is 5.97 Å². The van der Waals surface area contributed by atoms with Crippen LogP contribution in [0.15, 0.2) is 29.4 Å². The summed E-state index contributed by atoms with van der Waals surface area (Å²) in [6, 6.07) is 1.88. The van der Waals surface area contributed by atoms with Crippen molar-refractivity contribution in [1.29, 1.82) is 0 Å². The van der Waals surface area contributed by atoms with Gasteiger partial charge in [0.1, 0.15) is 5.82 Å². The smallest absolute Gasteiger partial charge is 0.306 e. The van der Waals surface area contributed by atoms with Crippen LogP contribution in [0.2, 0.25) is 0 Å². The van der Waals surface area contributed by atoms with Gasteiger partial charge in [-0.15, -0.1) is 6.58 Å². The van der Waals surface area contributed by atoms with Crippen LogP contribution in [0.4, 0.5) is 0 Å². The lowest BCUT2D eigenvalue weighted by Crippen LogP contribution is -2.09. The number of halogens is 1. The van der Waals surface area contributed by atoms with Gasteiger partial charge in [-0.1, -0.05) is 6.08 Å². The van der Waals surface area contributed by atoms with Gasteiger partial charge in [-0.05, 0) is 35.3 Å². The molecule has 0 spiro atoms. The second kappa shape index (κ2) is 5.97. The molecular formula is C13H14BrN3O2. The maximum absolute atomic E-state index is 11.5. The summed E-state index contributed by atoms with van der Waals surface area (Å²) in [7, 11) is 0. The summed E-state index contributed by atoms with van der Waals surface area (Å²) in [4.78, 5) is 23.1. The minimum absolute atomic E-state index is 0.262. The van der Waals surface area contributed by atoms with Crippen LogP contribution in [0.25, 0.3) is 11.2 Å². The molecule has 1 atom stereocenters. The number of pyridine rings is 1. The SMILES string of the molecule is C=CCCC(=O)OC(C)c1nc2ncc(Br)cc2[nH]1. The molecule has 2 heterocycles. The van der Waals surface area contributed by atoms with Crippen molar-refractivity contribution in [3.63, 3.8) is 0 Å². The molecule has 5 nitrogen and oxygen atoms in total. The molecule has 2 rings (SSSR count). The molecule has 0 fully saturated rings. The molecule has 1 unspecified atom stereocenters. The van der Waals surface area contributed by atoms with E-state index in [9.17, 15) is 4.79 Å². The zero-order valence-corrected chi connectivity index (χ0v) is 12.1. The molecule has 19 heavy (non-hydrogen) atoms. The minimum atomic E-state index is -0.426. The highest BCUT2D eigenvalue weighted by Gasteiger charge is 2.15. The van der Waals surface area contributed by atoms with E-state index >= 15 is 0 Å². The van der Waals surface area contributed by atoms with Crippen molar-refractivity contribution in [3.05, 3.63) is 35.2 Å². The Labute approximate surface area is 119 Å². The third-order valence-corrected chi connectivity index (χ3v) is 3.00. The zero-order valence-electron chi connectivity index (χ0n) is 10.5. The molecule has 0 aliphatic rings. The van der Waals surface area contributed by atoms with E-state index in [1.807, 2.05) is 6.07 Å². The van der Waals surface area contributed by atoms with Crippen molar-refractivity contribution in [1.82, 2.24) is 15.0 Å². The Morgan fingerprint density at radius 3 is 3.21 bits per heavy atom. The van der Waals surface area contributed by atoms with Crippen LogP contribution in [0, 0.1) is 0 Å². The minimum Gasteiger partial charge on any atom is -0.454 e.